The third-order valence-electron chi connectivity index (χ3n) is 7.17. The summed E-state index contributed by atoms with van der Waals surface area (Å²) in [5, 5.41) is 21.0. The van der Waals surface area contributed by atoms with Crippen molar-refractivity contribution in [2.45, 2.75) is 13.3 Å². The van der Waals surface area contributed by atoms with Gasteiger partial charge in [0.2, 0.25) is 0 Å². The van der Waals surface area contributed by atoms with Crippen LogP contribution in [0.25, 0.3) is 11.1 Å². The van der Waals surface area contributed by atoms with Gasteiger partial charge < -0.3 is 14.9 Å². The van der Waals surface area contributed by atoms with Crippen LogP contribution < -0.4 is 9.64 Å². The third-order valence-corrected chi connectivity index (χ3v) is 7.17. The van der Waals surface area contributed by atoms with Gasteiger partial charge in [-0.3, -0.25) is 24.1 Å². The smallest absolute Gasteiger partial charge is 0.266 e. The summed E-state index contributed by atoms with van der Waals surface area (Å²) in [7, 11) is 1.40. The van der Waals surface area contributed by atoms with E-state index >= 15 is 0 Å². The number of phenols is 2. The number of phenolic OH excluding ortho intramolecular Hbond substituents is 2. The van der Waals surface area contributed by atoms with Crippen LogP contribution in [-0.4, -0.2) is 45.8 Å². The lowest BCUT2D eigenvalue weighted by Crippen LogP contribution is -2.29. The fourth-order valence-corrected chi connectivity index (χ4v) is 4.98. The van der Waals surface area contributed by atoms with E-state index in [1.165, 1.54) is 49.5 Å². The average Bonchev–Trinajstić information content (AvgIpc) is 3.32. The molecule has 198 valence electrons. The van der Waals surface area contributed by atoms with Gasteiger partial charge in [-0.25, -0.2) is 4.90 Å². The van der Waals surface area contributed by atoms with E-state index in [1.54, 1.807) is 24.3 Å². The number of rotatable bonds is 5. The molecule has 0 spiro atoms. The number of imide groups is 2. The topological polar surface area (TPSA) is 124 Å². The van der Waals surface area contributed by atoms with Crippen LogP contribution in [0.5, 0.6) is 23.0 Å². The lowest BCUT2D eigenvalue weighted by atomic mass is 10.0. The quantitative estimate of drug-likeness (QED) is 0.340. The Hall–Kier alpha value is -5.44. The largest absolute Gasteiger partial charge is 0.508 e. The molecule has 6 rings (SSSR count). The Labute approximate surface area is 228 Å². The number of fused-ring (bicyclic) bond motifs is 2. The number of carbonyl (C=O) groups is 4. The number of ether oxygens (including phenoxy) is 1. The van der Waals surface area contributed by atoms with Crippen molar-refractivity contribution < 1.29 is 34.1 Å². The number of benzene rings is 4. The van der Waals surface area contributed by atoms with Crippen molar-refractivity contribution in [3.05, 3.63) is 101 Å². The second kappa shape index (κ2) is 9.09. The van der Waals surface area contributed by atoms with Crippen LogP contribution in [0.15, 0.2) is 72.8 Å². The first-order valence-corrected chi connectivity index (χ1v) is 12.5. The first-order chi connectivity index (χ1) is 19.2. The summed E-state index contributed by atoms with van der Waals surface area (Å²) in [6.07, 6.45) is 0.675. The zero-order chi connectivity index (χ0) is 28.3. The lowest BCUT2D eigenvalue weighted by molar-refractivity contribution is 0.0692. The molecule has 0 bridgehead atoms. The zero-order valence-corrected chi connectivity index (χ0v) is 21.5. The zero-order valence-electron chi connectivity index (χ0n) is 21.5. The summed E-state index contributed by atoms with van der Waals surface area (Å²) in [4.78, 5) is 52.9. The molecule has 4 amide bonds. The molecule has 0 saturated carbocycles. The van der Waals surface area contributed by atoms with E-state index in [2.05, 4.69) is 0 Å². The van der Waals surface area contributed by atoms with Crippen molar-refractivity contribution >= 4 is 29.3 Å². The van der Waals surface area contributed by atoms with Crippen molar-refractivity contribution in [3.63, 3.8) is 0 Å². The predicted octanol–water partition coefficient (Wildman–Crippen LogP) is 5.15. The molecule has 0 saturated heterocycles. The maximum Gasteiger partial charge on any atom is 0.266 e. The Morgan fingerprint density at radius 2 is 1.15 bits per heavy atom. The fraction of sp³-hybridized carbons (Fsp3) is 0.0968. The van der Waals surface area contributed by atoms with Crippen molar-refractivity contribution in [1.29, 1.82) is 0 Å². The number of aromatic hydroxyl groups is 2. The second-order valence-corrected chi connectivity index (χ2v) is 9.53. The van der Waals surface area contributed by atoms with Gasteiger partial charge in [0.1, 0.15) is 23.0 Å². The van der Waals surface area contributed by atoms with Gasteiger partial charge >= 0.3 is 0 Å². The Kier molecular flexibility index (Phi) is 5.65. The molecule has 4 aromatic carbocycles. The van der Waals surface area contributed by atoms with Gasteiger partial charge in [0, 0.05) is 7.05 Å². The summed E-state index contributed by atoms with van der Waals surface area (Å²) in [6.45, 7) is 1.93. The summed E-state index contributed by atoms with van der Waals surface area (Å²) in [5.41, 5.74) is 2.85. The highest BCUT2D eigenvalue weighted by Gasteiger charge is 2.38. The molecule has 2 aliphatic heterocycles. The minimum Gasteiger partial charge on any atom is -0.508 e. The van der Waals surface area contributed by atoms with E-state index in [0.29, 0.717) is 17.5 Å². The molecule has 0 aliphatic carbocycles. The SMILES string of the molecule is CCc1ccc(-c2ccc(N3C(=O)c4ccc(Oc5ccc6c(c5)C(=O)N(C)C6=O)cc4C3=O)c(O)c2)cc1O. The number of hydrogen-bond acceptors (Lipinski definition) is 7. The van der Waals surface area contributed by atoms with E-state index in [1.807, 2.05) is 13.0 Å². The van der Waals surface area contributed by atoms with Gasteiger partial charge in [-0.2, -0.15) is 0 Å². The predicted molar refractivity (Wildman–Crippen MR) is 145 cm³/mol. The summed E-state index contributed by atoms with van der Waals surface area (Å²) >= 11 is 0. The third kappa shape index (κ3) is 3.79. The van der Waals surface area contributed by atoms with E-state index in [9.17, 15) is 29.4 Å². The van der Waals surface area contributed by atoms with Crippen molar-refractivity contribution in [1.82, 2.24) is 4.90 Å². The number of hydrogen-bond donors (Lipinski definition) is 2. The van der Waals surface area contributed by atoms with Crippen LogP contribution >= 0.6 is 0 Å². The lowest BCUT2D eigenvalue weighted by Gasteiger charge is -2.16. The van der Waals surface area contributed by atoms with Crippen molar-refractivity contribution in [3.8, 4) is 34.1 Å². The number of nitrogens with zero attached hydrogens (tertiary/aromatic N) is 2. The minimum atomic E-state index is -0.630. The van der Waals surface area contributed by atoms with E-state index in [0.717, 1.165) is 15.4 Å². The molecule has 2 aliphatic rings. The van der Waals surface area contributed by atoms with Gasteiger partial charge in [0.05, 0.1) is 27.9 Å². The molecule has 0 radical (unpaired) electrons. The highest BCUT2D eigenvalue weighted by atomic mass is 16.5. The molecule has 40 heavy (non-hydrogen) atoms. The number of aryl methyl sites for hydroxylation is 1. The molecule has 0 fully saturated rings. The normalized spacial score (nSPS) is 14.2. The second-order valence-electron chi connectivity index (χ2n) is 9.53. The van der Waals surface area contributed by atoms with Gasteiger partial charge in [-0.1, -0.05) is 25.1 Å². The van der Waals surface area contributed by atoms with Crippen LogP contribution in [0.1, 0.15) is 53.9 Å². The number of amides is 4. The molecule has 2 N–H and O–H groups in total. The van der Waals surface area contributed by atoms with Crippen LogP contribution in [-0.2, 0) is 6.42 Å². The summed E-state index contributed by atoms with van der Waals surface area (Å²) in [5.74, 6) is -1.64. The molecule has 0 unspecified atom stereocenters. The summed E-state index contributed by atoms with van der Waals surface area (Å²) in [6, 6.07) is 18.7. The molecular formula is C31H22N2O7. The number of anilines is 1. The van der Waals surface area contributed by atoms with E-state index < -0.39 is 23.6 Å². The van der Waals surface area contributed by atoms with Crippen LogP contribution in [0.3, 0.4) is 0 Å². The Balaban J connectivity index is 1.27. The fourth-order valence-electron chi connectivity index (χ4n) is 4.98. The number of carbonyl (C=O) groups excluding carboxylic acids is 4. The first-order valence-electron chi connectivity index (χ1n) is 12.5. The Bertz CT molecular complexity index is 1790. The molecule has 0 atom stereocenters. The van der Waals surface area contributed by atoms with E-state index in [-0.39, 0.29) is 50.9 Å². The Morgan fingerprint density at radius 1 is 0.625 bits per heavy atom. The van der Waals surface area contributed by atoms with E-state index in [4.69, 9.17) is 4.74 Å². The molecular weight excluding hydrogens is 512 g/mol. The molecule has 9 nitrogen and oxygen atoms in total. The average molecular weight is 535 g/mol. The molecule has 4 aromatic rings. The van der Waals surface area contributed by atoms with Crippen LogP contribution in [0.4, 0.5) is 5.69 Å². The Morgan fingerprint density at radius 3 is 1.75 bits per heavy atom. The van der Waals surface area contributed by atoms with Crippen LogP contribution in [0.2, 0.25) is 0 Å². The monoisotopic (exact) mass is 534 g/mol. The molecule has 2 heterocycles. The van der Waals surface area contributed by atoms with Crippen LogP contribution in [0, 0.1) is 0 Å². The first kappa shape index (κ1) is 24.9. The highest BCUT2D eigenvalue weighted by Crippen LogP contribution is 2.39. The van der Waals surface area contributed by atoms with Gasteiger partial charge in [0.25, 0.3) is 23.6 Å². The summed E-state index contributed by atoms with van der Waals surface area (Å²) < 4.78 is 5.85. The van der Waals surface area contributed by atoms with Gasteiger partial charge in [0.15, 0.2) is 0 Å². The van der Waals surface area contributed by atoms with Gasteiger partial charge in [-0.15, -0.1) is 0 Å². The van der Waals surface area contributed by atoms with Crippen molar-refractivity contribution in [2.75, 3.05) is 11.9 Å². The molecule has 9 heteroatoms. The maximum atomic E-state index is 13.3. The standard InChI is InChI=1S/C31H22N2O7/c1-3-16-4-5-17(12-26(16)34)18-6-11-25(27(35)13-18)33-30(38)22-10-8-20(15-24(22)31(33)39)40-19-7-9-21-23(14-19)29(37)32(2)28(21)36/h4-15,34-35H,3H2,1-2H3. The maximum absolute atomic E-state index is 13.3. The van der Waals surface area contributed by atoms with Gasteiger partial charge in [-0.05, 0) is 77.7 Å². The molecule has 0 aromatic heterocycles. The highest BCUT2D eigenvalue weighted by molar-refractivity contribution is 6.35. The minimum absolute atomic E-state index is 0.0257. The van der Waals surface area contributed by atoms with Crippen molar-refractivity contribution in [2.24, 2.45) is 0 Å².